The van der Waals surface area contributed by atoms with Gasteiger partial charge in [-0.2, -0.15) is 0 Å². The van der Waals surface area contributed by atoms with E-state index in [1.165, 1.54) is 5.56 Å². The molecule has 0 spiro atoms. The Kier molecular flexibility index (Phi) is 5.74. The van der Waals surface area contributed by atoms with Gasteiger partial charge in [0.05, 0.1) is 0 Å². The molecule has 0 saturated carbocycles. The van der Waals surface area contributed by atoms with Crippen LogP contribution in [0.4, 0.5) is 11.5 Å². The summed E-state index contributed by atoms with van der Waals surface area (Å²) in [6.45, 7) is 0.753. The van der Waals surface area contributed by atoms with Gasteiger partial charge in [0.15, 0.2) is 5.69 Å². The molecule has 6 heteroatoms. The normalized spacial score (nSPS) is 10.3. The van der Waals surface area contributed by atoms with Gasteiger partial charge in [0.25, 0.3) is 5.91 Å². The summed E-state index contributed by atoms with van der Waals surface area (Å²) in [6.07, 6.45) is 0.897. The summed E-state index contributed by atoms with van der Waals surface area (Å²) < 4.78 is 0.955. The molecule has 0 atom stereocenters. The molecule has 0 aliphatic carbocycles. The molecule has 1 amide bonds. The molecule has 2 aromatic carbocycles. The largest absolute Gasteiger partial charge is 0.368 e. The van der Waals surface area contributed by atoms with Crippen molar-refractivity contribution < 1.29 is 4.79 Å². The third kappa shape index (κ3) is 5.12. The van der Waals surface area contributed by atoms with Gasteiger partial charge in [-0.1, -0.05) is 46.3 Å². The van der Waals surface area contributed by atoms with Gasteiger partial charge in [-0.15, -0.1) is 10.2 Å². The second-order valence-electron chi connectivity index (χ2n) is 5.43. The van der Waals surface area contributed by atoms with E-state index in [4.69, 9.17) is 0 Å². The third-order valence-corrected chi connectivity index (χ3v) is 4.09. The molecule has 0 aliphatic heterocycles. The number of rotatable bonds is 6. The highest BCUT2D eigenvalue weighted by Gasteiger charge is 2.08. The first kappa shape index (κ1) is 17.1. The number of aromatic nitrogens is 2. The van der Waals surface area contributed by atoms with Gasteiger partial charge in [0, 0.05) is 16.7 Å². The van der Waals surface area contributed by atoms with Crippen LogP contribution >= 0.6 is 15.9 Å². The van der Waals surface area contributed by atoms with Crippen LogP contribution in [0.2, 0.25) is 0 Å². The maximum atomic E-state index is 12.2. The van der Waals surface area contributed by atoms with Crippen molar-refractivity contribution in [3.63, 3.8) is 0 Å². The molecule has 0 radical (unpaired) electrons. The Bertz CT molecular complexity index is 820. The smallest absolute Gasteiger partial charge is 0.276 e. The molecule has 126 valence electrons. The van der Waals surface area contributed by atoms with Crippen LogP contribution in [0, 0.1) is 0 Å². The van der Waals surface area contributed by atoms with Crippen molar-refractivity contribution in [2.24, 2.45) is 0 Å². The van der Waals surface area contributed by atoms with Crippen molar-refractivity contribution in [2.45, 2.75) is 6.42 Å². The molecule has 3 rings (SSSR count). The first-order valence-electron chi connectivity index (χ1n) is 7.89. The van der Waals surface area contributed by atoms with Crippen LogP contribution in [0.25, 0.3) is 0 Å². The number of hydrogen-bond acceptors (Lipinski definition) is 4. The van der Waals surface area contributed by atoms with Gasteiger partial charge in [-0.05, 0) is 48.4 Å². The van der Waals surface area contributed by atoms with Crippen LogP contribution < -0.4 is 10.6 Å². The van der Waals surface area contributed by atoms with Gasteiger partial charge < -0.3 is 10.6 Å². The second-order valence-corrected chi connectivity index (χ2v) is 6.34. The Balaban J connectivity index is 1.52. The average Bonchev–Trinajstić information content (AvgIpc) is 2.65. The minimum Gasteiger partial charge on any atom is -0.368 e. The van der Waals surface area contributed by atoms with Crippen LogP contribution in [0.15, 0.2) is 71.2 Å². The summed E-state index contributed by atoms with van der Waals surface area (Å²) in [5.41, 5.74) is 2.24. The number of benzene rings is 2. The number of amides is 1. The molecule has 3 aromatic rings. The number of halogens is 1. The van der Waals surface area contributed by atoms with Crippen LogP contribution in [0.3, 0.4) is 0 Å². The summed E-state index contributed by atoms with van der Waals surface area (Å²) in [7, 11) is 0. The van der Waals surface area contributed by atoms with Crippen molar-refractivity contribution in [3.05, 3.63) is 82.5 Å². The van der Waals surface area contributed by atoms with E-state index in [9.17, 15) is 4.79 Å². The van der Waals surface area contributed by atoms with Crippen LogP contribution in [0.1, 0.15) is 16.1 Å². The molecule has 5 nitrogen and oxygen atoms in total. The molecule has 2 N–H and O–H groups in total. The molecule has 1 aromatic heterocycles. The standard InChI is InChI=1S/C19H17BrN4O/c20-15-6-8-16(9-7-15)22-19(25)17-10-11-18(24-23-17)21-13-12-14-4-2-1-3-5-14/h1-11H,12-13H2,(H,21,24)(H,22,25). The lowest BCUT2D eigenvalue weighted by Crippen LogP contribution is -2.15. The fourth-order valence-electron chi connectivity index (χ4n) is 2.26. The molecule has 1 heterocycles. The minimum atomic E-state index is -0.286. The number of anilines is 2. The van der Waals surface area contributed by atoms with E-state index < -0.39 is 0 Å². The topological polar surface area (TPSA) is 66.9 Å². The van der Waals surface area contributed by atoms with Crippen molar-refractivity contribution in [2.75, 3.05) is 17.2 Å². The van der Waals surface area contributed by atoms with Gasteiger partial charge in [-0.25, -0.2) is 0 Å². The van der Waals surface area contributed by atoms with Crippen molar-refractivity contribution >= 4 is 33.3 Å². The highest BCUT2D eigenvalue weighted by Crippen LogP contribution is 2.15. The Morgan fingerprint density at radius 2 is 1.68 bits per heavy atom. The molecule has 0 unspecified atom stereocenters. The lowest BCUT2D eigenvalue weighted by molar-refractivity contribution is 0.102. The second kappa shape index (κ2) is 8.39. The summed E-state index contributed by atoms with van der Waals surface area (Å²) >= 11 is 3.36. The van der Waals surface area contributed by atoms with E-state index in [0.29, 0.717) is 11.5 Å². The molecule has 0 saturated heterocycles. The number of carbonyl (C=O) groups excluding carboxylic acids is 1. The Labute approximate surface area is 154 Å². The fourth-order valence-corrected chi connectivity index (χ4v) is 2.52. The maximum Gasteiger partial charge on any atom is 0.276 e. The zero-order chi connectivity index (χ0) is 17.5. The summed E-state index contributed by atoms with van der Waals surface area (Å²) in [6, 6.07) is 21.0. The van der Waals surface area contributed by atoms with E-state index in [1.54, 1.807) is 12.1 Å². The monoisotopic (exact) mass is 396 g/mol. The van der Waals surface area contributed by atoms with Gasteiger partial charge in [0.1, 0.15) is 5.82 Å². The highest BCUT2D eigenvalue weighted by molar-refractivity contribution is 9.10. The maximum absolute atomic E-state index is 12.2. The van der Waals surface area contributed by atoms with Crippen LogP contribution in [0.5, 0.6) is 0 Å². The van der Waals surface area contributed by atoms with Gasteiger partial charge in [-0.3, -0.25) is 4.79 Å². The highest BCUT2D eigenvalue weighted by atomic mass is 79.9. The van der Waals surface area contributed by atoms with E-state index >= 15 is 0 Å². The number of nitrogens with one attached hydrogen (secondary N) is 2. The summed E-state index contributed by atoms with van der Waals surface area (Å²) in [5, 5.41) is 14.0. The Hall–Kier alpha value is -2.73. The first-order valence-corrected chi connectivity index (χ1v) is 8.68. The summed E-state index contributed by atoms with van der Waals surface area (Å²) in [5.74, 6) is 0.363. The first-order chi connectivity index (χ1) is 12.2. The Morgan fingerprint density at radius 1 is 0.920 bits per heavy atom. The van der Waals surface area contributed by atoms with Gasteiger partial charge in [0.2, 0.25) is 0 Å². The van der Waals surface area contributed by atoms with Crippen LogP contribution in [-0.2, 0) is 6.42 Å². The zero-order valence-corrected chi connectivity index (χ0v) is 15.0. The SMILES string of the molecule is O=C(Nc1ccc(Br)cc1)c1ccc(NCCc2ccccc2)nn1. The Morgan fingerprint density at radius 3 is 2.36 bits per heavy atom. The number of hydrogen-bond donors (Lipinski definition) is 2. The van der Waals surface area contributed by atoms with Crippen molar-refractivity contribution in [1.29, 1.82) is 0 Å². The van der Waals surface area contributed by atoms with Crippen LogP contribution in [-0.4, -0.2) is 22.6 Å². The van der Waals surface area contributed by atoms with Crippen molar-refractivity contribution in [1.82, 2.24) is 10.2 Å². The fraction of sp³-hybridized carbons (Fsp3) is 0.105. The molecular formula is C19H17BrN4O. The van der Waals surface area contributed by atoms with E-state index in [2.05, 4.69) is 48.9 Å². The average molecular weight is 397 g/mol. The predicted octanol–water partition coefficient (Wildman–Crippen LogP) is 4.15. The molecule has 25 heavy (non-hydrogen) atoms. The molecule has 0 aliphatic rings. The minimum absolute atomic E-state index is 0.275. The number of nitrogens with zero attached hydrogens (tertiary/aromatic N) is 2. The predicted molar refractivity (Wildman–Crippen MR) is 103 cm³/mol. The third-order valence-electron chi connectivity index (χ3n) is 3.56. The molecule has 0 fully saturated rings. The van der Waals surface area contributed by atoms with E-state index in [1.807, 2.05) is 42.5 Å². The lowest BCUT2D eigenvalue weighted by Gasteiger charge is -2.07. The zero-order valence-electron chi connectivity index (χ0n) is 13.4. The van der Waals surface area contributed by atoms with E-state index in [-0.39, 0.29) is 11.6 Å². The molecule has 0 bridgehead atoms. The van der Waals surface area contributed by atoms with Crippen molar-refractivity contribution in [3.8, 4) is 0 Å². The number of carbonyl (C=O) groups is 1. The summed E-state index contributed by atoms with van der Waals surface area (Å²) in [4.78, 5) is 12.2. The van der Waals surface area contributed by atoms with E-state index in [0.717, 1.165) is 17.4 Å². The van der Waals surface area contributed by atoms with Gasteiger partial charge >= 0.3 is 0 Å². The quantitative estimate of drug-likeness (QED) is 0.656. The lowest BCUT2D eigenvalue weighted by atomic mass is 10.1. The molecular weight excluding hydrogens is 380 g/mol.